The largest absolute Gasteiger partial charge is 0.325 e. The predicted molar refractivity (Wildman–Crippen MR) is 92.0 cm³/mol. The summed E-state index contributed by atoms with van der Waals surface area (Å²) in [6.45, 7) is 0.602. The molecule has 1 unspecified atom stereocenters. The first-order valence-electron chi connectivity index (χ1n) is 8.12. The third-order valence-electron chi connectivity index (χ3n) is 4.11. The standard InChI is InChI=1S/C19H20FN3O2/c1-22(12-15-8-5-9-16(20)10-15)13-23-18(24)17(21-19(23)25)11-14-6-3-2-4-7-14/h2-10,17H,11-13H2,1H3,(H,21,25). The molecule has 0 radical (unpaired) electrons. The van der Waals surface area contributed by atoms with Crippen LogP contribution in [0.5, 0.6) is 0 Å². The highest BCUT2D eigenvalue weighted by atomic mass is 19.1. The number of hydrogen-bond acceptors (Lipinski definition) is 3. The van der Waals surface area contributed by atoms with Gasteiger partial charge in [0, 0.05) is 13.0 Å². The summed E-state index contributed by atoms with van der Waals surface area (Å²) in [7, 11) is 1.79. The Kier molecular flexibility index (Phi) is 5.09. The normalized spacial score (nSPS) is 17.2. The highest BCUT2D eigenvalue weighted by molar-refractivity contribution is 6.04. The van der Waals surface area contributed by atoms with Crippen molar-refractivity contribution >= 4 is 11.9 Å². The molecule has 1 fully saturated rings. The summed E-state index contributed by atoms with van der Waals surface area (Å²) >= 11 is 0. The molecule has 0 saturated carbocycles. The van der Waals surface area contributed by atoms with Crippen molar-refractivity contribution in [1.82, 2.24) is 15.1 Å². The van der Waals surface area contributed by atoms with Gasteiger partial charge in [-0.05, 0) is 30.3 Å². The van der Waals surface area contributed by atoms with Gasteiger partial charge < -0.3 is 5.32 Å². The molecule has 0 aliphatic carbocycles. The van der Waals surface area contributed by atoms with Crippen LogP contribution in [-0.2, 0) is 17.8 Å². The molecular weight excluding hydrogens is 321 g/mol. The molecule has 2 aromatic rings. The van der Waals surface area contributed by atoms with Crippen LogP contribution >= 0.6 is 0 Å². The number of halogens is 1. The second-order valence-corrected chi connectivity index (χ2v) is 6.24. The van der Waals surface area contributed by atoms with Gasteiger partial charge in [0.15, 0.2) is 0 Å². The Labute approximate surface area is 146 Å². The first-order chi connectivity index (χ1) is 12.0. The number of nitrogens with one attached hydrogen (secondary N) is 1. The fourth-order valence-electron chi connectivity index (χ4n) is 2.94. The second kappa shape index (κ2) is 7.44. The van der Waals surface area contributed by atoms with Gasteiger partial charge in [0.2, 0.25) is 0 Å². The zero-order valence-corrected chi connectivity index (χ0v) is 14.0. The van der Waals surface area contributed by atoms with Crippen molar-refractivity contribution in [1.29, 1.82) is 0 Å². The molecule has 25 heavy (non-hydrogen) atoms. The maximum atomic E-state index is 13.3. The number of rotatable bonds is 6. The van der Waals surface area contributed by atoms with Crippen LogP contribution < -0.4 is 5.32 Å². The maximum absolute atomic E-state index is 13.3. The molecule has 0 aromatic heterocycles. The minimum Gasteiger partial charge on any atom is -0.325 e. The van der Waals surface area contributed by atoms with Crippen molar-refractivity contribution in [2.75, 3.05) is 13.7 Å². The van der Waals surface area contributed by atoms with E-state index in [4.69, 9.17) is 0 Å². The van der Waals surface area contributed by atoms with Crippen molar-refractivity contribution in [2.45, 2.75) is 19.0 Å². The minimum atomic E-state index is -0.544. The van der Waals surface area contributed by atoms with Crippen LogP contribution in [0, 0.1) is 5.82 Å². The van der Waals surface area contributed by atoms with Crippen LogP contribution in [0.25, 0.3) is 0 Å². The maximum Gasteiger partial charge on any atom is 0.325 e. The molecule has 1 atom stereocenters. The quantitative estimate of drug-likeness (QED) is 0.821. The molecule has 130 valence electrons. The predicted octanol–water partition coefficient (Wildman–Crippen LogP) is 2.38. The fourth-order valence-corrected chi connectivity index (χ4v) is 2.94. The summed E-state index contributed by atoms with van der Waals surface area (Å²) in [5, 5.41) is 2.73. The number of urea groups is 1. The van der Waals surface area contributed by atoms with Crippen LogP contribution in [-0.4, -0.2) is 41.5 Å². The summed E-state index contributed by atoms with van der Waals surface area (Å²) in [5.41, 5.74) is 1.78. The van der Waals surface area contributed by atoms with Gasteiger partial charge in [0.1, 0.15) is 11.9 Å². The Morgan fingerprint density at radius 2 is 1.80 bits per heavy atom. The van der Waals surface area contributed by atoms with E-state index in [0.717, 1.165) is 11.1 Å². The Hall–Kier alpha value is -2.73. The van der Waals surface area contributed by atoms with E-state index < -0.39 is 12.1 Å². The van der Waals surface area contributed by atoms with Crippen LogP contribution in [0.4, 0.5) is 9.18 Å². The molecule has 5 nitrogen and oxygen atoms in total. The van der Waals surface area contributed by atoms with E-state index in [0.29, 0.717) is 13.0 Å². The first kappa shape index (κ1) is 17.1. The number of imide groups is 1. The van der Waals surface area contributed by atoms with Crippen LogP contribution in [0.2, 0.25) is 0 Å². The van der Waals surface area contributed by atoms with Gasteiger partial charge in [-0.1, -0.05) is 42.5 Å². The molecule has 3 amide bonds. The lowest BCUT2D eigenvalue weighted by Gasteiger charge is -2.22. The molecule has 2 aromatic carbocycles. The highest BCUT2D eigenvalue weighted by Crippen LogP contribution is 2.14. The van der Waals surface area contributed by atoms with Gasteiger partial charge in [-0.25, -0.2) is 14.1 Å². The molecule has 0 spiro atoms. The molecule has 1 aliphatic heterocycles. The monoisotopic (exact) mass is 341 g/mol. The highest BCUT2D eigenvalue weighted by Gasteiger charge is 2.38. The van der Waals surface area contributed by atoms with Gasteiger partial charge >= 0.3 is 6.03 Å². The van der Waals surface area contributed by atoms with Crippen molar-refractivity contribution < 1.29 is 14.0 Å². The Bertz CT molecular complexity index is 766. The molecule has 1 N–H and O–H groups in total. The molecule has 1 saturated heterocycles. The third-order valence-corrected chi connectivity index (χ3v) is 4.11. The van der Waals surface area contributed by atoms with Crippen LogP contribution in [0.1, 0.15) is 11.1 Å². The average Bonchev–Trinajstić information content (AvgIpc) is 2.83. The lowest BCUT2D eigenvalue weighted by atomic mass is 10.1. The molecule has 0 bridgehead atoms. The van der Waals surface area contributed by atoms with Gasteiger partial charge in [0.05, 0.1) is 6.67 Å². The Morgan fingerprint density at radius 3 is 2.52 bits per heavy atom. The SMILES string of the molecule is CN(Cc1cccc(F)c1)CN1C(=O)NC(Cc2ccccc2)C1=O. The Morgan fingerprint density at radius 1 is 1.08 bits per heavy atom. The molecule has 3 rings (SSSR count). The van der Waals surface area contributed by atoms with E-state index in [9.17, 15) is 14.0 Å². The summed E-state index contributed by atoms with van der Waals surface area (Å²) in [6, 6.07) is 14.9. The van der Waals surface area contributed by atoms with E-state index in [1.807, 2.05) is 36.4 Å². The third kappa shape index (κ3) is 4.22. The van der Waals surface area contributed by atoms with E-state index in [1.165, 1.54) is 17.0 Å². The van der Waals surface area contributed by atoms with E-state index in [-0.39, 0.29) is 18.4 Å². The van der Waals surface area contributed by atoms with Gasteiger partial charge in [-0.15, -0.1) is 0 Å². The summed E-state index contributed by atoms with van der Waals surface area (Å²) < 4.78 is 13.3. The molecule has 1 aliphatic rings. The van der Waals surface area contributed by atoms with Crippen LogP contribution in [0.15, 0.2) is 54.6 Å². The van der Waals surface area contributed by atoms with Crippen molar-refractivity contribution in [2.24, 2.45) is 0 Å². The number of benzene rings is 2. The average molecular weight is 341 g/mol. The number of amides is 3. The van der Waals surface area contributed by atoms with E-state index in [1.54, 1.807) is 18.0 Å². The summed E-state index contributed by atoms with van der Waals surface area (Å²) in [6.07, 6.45) is 0.468. The van der Waals surface area contributed by atoms with Gasteiger partial charge in [-0.3, -0.25) is 9.69 Å². The molecule has 1 heterocycles. The summed E-state index contributed by atoms with van der Waals surface area (Å²) in [5.74, 6) is -0.538. The van der Waals surface area contributed by atoms with Crippen molar-refractivity contribution in [3.05, 3.63) is 71.5 Å². The smallest absolute Gasteiger partial charge is 0.325 e. The number of nitrogens with zero attached hydrogens (tertiary/aromatic N) is 2. The topological polar surface area (TPSA) is 52.6 Å². The van der Waals surface area contributed by atoms with Gasteiger partial charge in [0.25, 0.3) is 5.91 Å². The summed E-state index contributed by atoms with van der Waals surface area (Å²) in [4.78, 5) is 27.7. The zero-order chi connectivity index (χ0) is 17.8. The molecular formula is C19H20FN3O2. The number of hydrogen-bond donors (Lipinski definition) is 1. The molecule has 6 heteroatoms. The minimum absolute atomic E-state index is 0.159. The van der Waals surface area contributed by atoms with Gasteiger partial charge in [-0.2, -0.15) is 0 Å². The van der Waals surface area contributed by atoms with Crippen molar-refractivity contribution in [3.63, 3.8) is 0 Å². The lowest BCUT2D eigenvalue weighted by molar-refractivity contribution is -0.128. The zero-order valence-electron chi connectivity index (χ0n) is 14.0. The van der Waals surface area contributed by atoms with Crippen LogP contribution in [0.3, 0.4) is 0 Å². The fraction of sp³-hybridized carbons (Fsp3) is 0.263. The van der Waals surface area contributed by atoms with Crippen molar-refractivity contribution in [3.8, 4) is 0 Å². The Balaban J connectivity index is 1.60. The number of carbonyl (C=O) groups is 2. The number of carbonyl (C=O) groups excluding carboxylic acids is 2. The van der Waals surface area contributed by atoms with E-state index >= 15 is 0 Å². The lowest BCUT2D eigenvalue weighted by Crippen LogP contribution is -2.40. The first-order valence-corrected chi connectivity index (χ1v) is 8.12. The second-order valence-electron chi connectivity index (χ2n) is 6.24. The van der Waals surface area contributed by atoms with E-state index in [2.05, 4.69) is 5.32 Å².